The summed E-state index contributed by atoms with van der Waals surface area (Å²) in [5.74, 6) is 0.190. The SMILES string of the molecule is CSc1ccccc1NC(=O)N1CCC2CC21C(=O)NCc1cccnc1. The Bertz CT molecular complexity index is 860. The Morgan fingerprint density at radius 1 is 1.30 bits per heavy atom. The maximum absolute atomic E-state index is 12.9. The van der Waals surface area contributed by atoms with Crippen molar-refractivity contribution in [1.29, 1.82) is 0 Å². The highest BCUT2D eigenvalue weighted by Gasteiger charge is 2.68. The molecule has 2 aliphatic rings. The number of likely N-dealkylation sites (tertiary alicyclic amines) is 1. The van der Waals surface area contributed by atoms with Gasteiger partial charge in [-0.05, 0) is 48.8 Å². The lowest BCUT2D eigenvalue weighted by Gasteiger charge is -2.28. The minimum absolute atomic E-state index is 0.0674. The van der Waals surface area contributed by atoms with Crippen molar-refractivity contribution >= 4 is 29.4 Å². The highest BCUT2D eigenvalue weighted by atomic mass is 32.2. The molecule has 0 radical (unpaired) electrons. The second kappa shape index (κ2) is 7.23. The van der Waals surface area contributed by atoms with E-state index in [9.17, 15) is 9.59 Å². The van der Waals surface area contributed by atoms with E-state index in [-0.39, 0.29) is 17.9 Å². The van der Waals surface area contributed by atoms with Gasteiger partial charge in [-0.15, -0.1) is 11.8 Å². The Morgan fingerprint density at radius 3 is 2.89 bits per heavy atom. The number of thioether (sulfide) groups is 1. The number of benzene rings is 1. The summed E-state index contributed by atoms with van der Waals surface area (Å²) in [5, 5.41) is 5.98. The number of urea groups is 1. The average molecular weight is 382 g/mol. The first kappa shape index (κ1) is 17.9. The van der Waals surface area contributed by atoms with E-state index < -0.39 is 5.54 Å². The third-order valence-corrected chi connectivity index (χ3v) is 6.21. The van der Waals surface area contributed by atoms with Gasteiger partial charge in [0.15, 0.2) is 0 Å². The number of para-hydroxylation sites is 1. The Kier molecular flexibility index (Phi) is 4.78. The monoisotopic (exact) mass is 382 g/mol. The molecule has 0 bridgehead atoms. The maximum Gasteiger partial charge on any atom is 0.322 e. The molecule has 27 heavy (non-hydrogen) atoms. The van der Waals surface area contributed by atoms with Gasteiger partial charge in [-0.1, -0.05) is 18.2 Å². The number of nitrogens with zero attached hydrogens (tertiary/aromatic N) is 2. The number of hydrogen-bond acceptors (Lipinski definition) is 4. The van der Waals surface area contributed by atoms with E-state index in [4.69, 9.17) is 0 Å². The predicted molar refractivity (Wildman–Crippen MR) is 105 cm³/mol. The lowest BCUT2D eigenvalue weighted by molar-refractivity contribution is -0.126. The second-order valence-corrected chi connectivity index (χ2v) is 7.79. The number of aromatic nitrogens is 1. The normalized spacial score (nSPS) is 22.9. The topological polar surface area (TPSA) is 74.3 Å². The Morgan fingerprint density at radius 2 is 2.15 bits per heavy atom. The predicted octanol–water partition coefficient (Wildman–Crippen LogP) is 3.12. The molecule has 2 aromatic rings. The van der Waals surface area contributed by atoms with Crippen LogP contribution in [0.5, 0.6) is 0 Å². The van der Waals surface area contributed by atoms with Crippen LogP contribution >= 0.6 is 11.8 Å². The number of piperidine rings is 1. The van der Waals surface area contributed by atoms with Crippen LogP contribution in [0.3, 0.4) is 0 Å². The third kappa shape index (κ3) is 3.27. The zero-order valence-corrected chi connectivity index (χ0v) is 16.0. The van der Waals surface area contributed by atoms with Gasteiger partial charge in [-0.2, -0.15) is 0 Å². The van der Waals surface area contributed by atoms with Crippen LogP contribution < -0.4 is 10.6 Å². The van der Waals surface area contributed by atoms with Gasteiger partial charge in [0, 0.05) is 30.4 Å². The van der Waals surface area contributed by atoms with Crippen molar-refractivity contribution in [3.8, 4) is 0 Å². The van der Waals surface area contributed by atoms with Gasteiger partial charge in [0.25, 0.3) is 0 Å². The summed E-state index contributed by atoms with van der Waals surface area (Å²) >= 11 is 1.58. The van der Waals surface area contributed by atoms with Crippen LogP contribution in [0.15, 0.2) is 53.7 Å². The van der Waals surface area contributed by atoms with Gasteiger partial charge in [0.05, 0.1) is 5.69 Å². The number of fused-ring (bicyclic) bond motifs is 1. The standard InChI is InChI=1S/C20H22N4O2S/c1-27-17-7-3-2-6-16(17)23-19(26)24-10-8-15-11-20(15,24)18(25)22-13-14-5-4-9-21-12-14/h2-7,9,12,15H,8,10-11,13H2,1H3,(H,22,25)(H,23,26). The van der Waals surface area contributed by atoms with Gasteiger partial charge < -0.3 is 15.5 Å². The van der Waals surface area contributed by atoms with E-state index in [0.29, 0.717) is 13.1 Å². The molecule has 2 atom stereocenters. The molecule has 0 spiro atoms. The molecule has 2 unspecified atom stereocenters. The lowest BCUT2D eigenvalue weighted by Crippen LogP contribution is -2.51. The molecule has 6 nitrogen and oxygen atoms in total. The summed E-state index contributed by atoms with van der Waals surface area (Å²) in [6.07, 6.45) is 7.03. The average Bonchev–Trinajstić information content (AvgIpc) is 3.32. The van der Waals surface area contributed by atoms with Gasteiger partial charge in [-0.25, -0.2) is 4.79 Å². The van der Waals surface area contributed by atoms with Crippen LogP contribution in [0.1, 0.15) is 18.4 Å². The van der Waals surface area contributed by atoms with E-state index in [1.165, 1.54) is 0 Å². The van der Waals surface area contributed by atoms with Gasteiger partial charge in [0.2, 0.25) is 5.91 Å². The first-order valence-corrected chi connectivity index (χ1v) is 10.3. The van der Waals surface area contributed by atoms with E-state index in [2.05, 4.69) is 15.6 Å². The Labute approximate surface area is 162 Å². The van der Waals surface area contributed by atoms with Crippen LogP contribution in [0, 0.1) is 5.92 Å². The van der Waals surface area contributed by atoms with Crippen molar-refractivity contribution in [3.63, 3.8) is 0 Å². The van der Waals surface area contributed by atoms with Crippen LogP contribution in [0.4, 0.5) is 10.5 Å². The maximum atomic E-state index is 12.9. The number of anilines is 1. The molecule has 2 fully saturated rings. The van der Waals surface area contributed by atoms with Crippen LogP contribution in [-0.2, 0) is 11.3 Å². The Balaban J connectivity index is 1.45. The molecule has 1 aliphatic carbocycles. The van der Waals surface area contributed by atoms with Crippen molar-refractivity contribution in [2.45, 2.75) is 29.8 Å². The smallest absolute Gasteiger partial charge is 0.322 e. The molecule has 1 saturated carbocycles. The van der Waals surface area contributed by atoms with E-state index in [0.717, 1.165) is 29.0 Å². The van der Waals surface area contributed by atoms with Crippen molar-refractivity contribution in [2.24, 2.45) is 5.92 Å². The number of amides is 3. The number of pyridine rings is 1. The Hall–Kier alpha value is -2.54. The first-order valence-electron chi connectivity index (χ1n) is 9.04. The van der Waals surface area contributed by atoms with Crippen molar-refractivity contribution in [3.05, 3.63) is 54.4 Å². The fourth-order valence-electron chi connectivity index (χ4n) is 3.92. The summed E-state index contributed by atoms with van der Waals surface area (Å²) in [7, 11) is 0. The summed E-state index contributed by atoms with van der Waals surface area (Å²) in [5.41, 5.74) is 1.04. The molecule has 1 aromatic carbocycles. The fraction of sp³-hybridized carbons (Fsp3) is 0.350. The molecule has 140 valence electrons. The van der Waals surface area contributed by atoms with E-state index in [1.807, 2.05) is 42.7 Å². The molecule has 2 N–H and O–H groups in total. The van der Waals surface area contributed by atoms with Crippen molar-refractivity contribution < 1.29 is 9.59 Å². The largest absolute Gasteiger partial charge is 0.350 e. The highest BCUT2D eigenvalue weighted by Crippen LogP contribution is 2.56. The summed E-state index contributed by atoms with van der Waals surface area (Å²) in [4.78, 5) is 32.6. The molecule has 4 rings (SSSR count). The highest BCUT2D eigenvalue weighted by molar-refractivity contribution is 7.98. The second-order valence-electron chi connectivity index (χ2n) is 6.94. The number of carbonyl (C=O) groups is 2. The quantitative estimate of drug-likeness (QED) is 0.779. The summed E-state index contributed by atoms with van der Waals surface area (Å²) < 4.78 is 0. The molecular weight excluding hydrogens is 360 g/mol. The minimum Gasteiger partial charge on any atom is -0.350 e. The third-order valence-electron chi connectivity index (χ3n) is 5.42. The summed E-state index contributed by atoms with van der Waals surface area (Å²) in [6.45, 7) is 1.03. The van der Waals surface area contributed by atoms with Gasteiger partial charge in [0.1, 0.15) is 5.54 Å². The van der Waals surface area contributed by atoms with Crippen LogP contribution in [0.2, 0.25) is 0 Å². The van der Waals surface area contributed by atoms with Gasteiger partial charge in [-0.3, -0.25) is 9.78 Å². The summed E-state index contributed by atoms with van der Waals surface area (Å²) in [6, 6.07) is 11.3. The van der Waals surface area contributed by atoms with Gasteiger partial charge >= 0.3 is 6.03 Å². The van der Waals surface area contributed by atoms with Crippen molar-refractivity contribution in [1.82, 2.24) is 15.2 Å². The first-order chi connectivity index (χ1) is 13.1. The number of carbonyl (C=O) groups excluding carboxylic acids is 2. The zero-order chi connectivity index (χ0) is 18.9. The molecule has 1 aromatic heterocycles. The fourth-order valence-corrected chi connectivity index (χ4v) is 4.48. The molecule has 1 aliphatic heterocycles. The number of nitrogens with one attached hydrogen (secondary N) is 2. The lowest BCUT2D eigenvalue weighted by atomic mass is 10.2. The molecular formula is C20H22N4O2S. The molecule has 1 saturated heterocycles. The molecule has 2 heterocycles. The van der Waals surface area contributed by atoms with Crippen molar-refractivity contribution in [2.75, 3.05) is 18.1 Å². The van der Waals surface area contributed by atoms with E-state index >= 15 is 0 Å². The van der Waals surface area contributed by atoms with Crippen LogP contribution in [-0.4, -0.2) is 40.2 Å². The molecule has 7 heteroatoms. The number of hydrogen-bond donors (Lipinski definition) is 2. The molecule has 3 amide bonds. The van der Waals surface area contributed by atoms with E-state index in [1.54, 1.807) is 29.1 Å². The minimum atomic E-state index is -0.694. The number of rotatable bonds is 5. The zero-order valence-electron chi connectivity index (χ0n) is 15.1. The van der Waals surface area contributed by atoms with Crippen LogP contribution in [0.25, 0.3) is 0 Å².